The van der Waals surface area contributed by atoms with E-state index in [-0.39, 0.29) is 29.6 Å². The Morgan fingerprint density at radius 2 is 1.89 bits per heavy atom. The van der Waals surface area contributed by atoms with Crippen molar-refractivity contribution in [1.82, 2.24) is 0 Å². The number of carbonyl (C=O) groups excluding carboxylic acids is 1. The predicted molar refractivity (Wildman–Crippen MR) is 70.0 cm³/mol. The van der Waals surface area contributed by atoms with E-state index < -0.39 is 5.60 Å². The molecule has 0 spiro atoms. The van der Waals surface area contributed by atoms with E-state index in [1.54, 1.807) is 6.92 Å². The van der Waals surface area contributed by atoms with Crippen molar-refractivity contribution in [1.29, 1.82) is 0 Å². The molecule has 0 aliphatic heterocycles. The number of carbonyl (C=O) groups is 1. The van der Waals surface area contributed by atoms with Gasteiger partial charge in [0.25, 0.3) is 0 Å². The van der Waals surface area contributed by atoms with Crippen LogP contribution in [-0.2, 0) is 4.79 Å². The first-order chi connectivity index (χ1) is 8.20. The van der Waals surface area contributed by atoms with Gasteiger partial charge in [0.1, 0.15) is 0 Å². The van der Waals surface area contributed by atoms with E-state index in [1.165, 1.54) is 0 Å². The zero-order chi connectivity index (χ0) is 13.7. The van der Waals surface area contributed by atoms with E-state index in [1.807, 2.05) is 6.92 Å². The van der Waals surface area contributed by atoms with Crippen molar-refractivity contribution in [2.24, 2.45) is 17.3 Å². The van der Waals surface area contributed by atoms with Crippen LogP contribution >= 0.6 is 0 Å². The average Bonchev–Trinajstić information content (AvgIpc) is 2.59. The highest BCUT2D eigenvalue weighted by Gasteiger charge is 2.54. The van der Waals surface area contributed by atoms with Crippen molar-refractivity contribution in [3.63, 3.8) is 0 Å². The lowest BCUT2D eigenvalue weighted by Crippen LogP contribution is -2.46. The van der Waals surface area contributed by atoms with Crippen molar-refractivity contribution < 1.29 is 15.0 Å². The lowest BCUT2D eigenvalue weighted by molar-refractivity contribution is -0.125. The molecule has 0 aromatic carbocycles. The Hall–Kier alpha value is -0.670. The van der Waals surface area contributed by atoms with Crippen LogP contribution in [0.25, 0.3) is 0 Å². The summed E-state index contributed by atoms with van der Waals surface area (Å²) in [6.07, 6.45) is 2.13. The third kappa shape index (κ3) is 1.94. The summed E-state index contributed by atoms with van der Waals surface area (Å²) < 4.78 is 0. The van der Waals surface area contributed by atoms with E-state index in [2.05, 4.69) is 13.8 Å². The fraction of sp³-hybridized carbons (Fsp3) is 0.800. The molecule has 0 unspecified atom stereocenters. The van der Waals surface area contributed by atoms with Crippen molar-refractivity contribution in [2.45, 2.75) is 52.6 Å². The molecular weight excluding hydrogens is 228 g/mol. The number of Topliss-reactive ketones (excluding diaryl/α,β-unsaturated/α-hetero) is 1. The normalized spacial score (nSPS) is 39.1. The second-order valence-corrected chi connectivity index (χ2v) is 6.87. The molecule has 0 aromatic heterocycles. The molecular formula is C15H24O3. The smallest absolute Gasteiger partial charge is 0.162 e. The zero-order valence-corrected chi connectivity index (χ0v) is 11.8. The molecule has 3 atom stereocenters. The lowest BCUT2D eigenvalue weighted by atomic mass is 9.67. The van der Waals surface area contributed by atoms with Gasteiger partial charge in [0.15, 0.2) is 5.78 Å². The molecule has 0 bridgehead atoms. The average molecular weight is 252 g/mol. The zero-order valence-electron chi connectivity index (χ0n) is 11.8. The van der Waals surface area contributed by atoms with Gasteiger partial charge in [0.2, 0.25) is 0 Å². The van der Waals surface area contributed by atoms with E-state index in [4.69, 9.17) is 5.11 Å². The minimum atomic E-state index is -0.945. The van der Waals surface area contributed by atoms with Gasteiger partial charge in [-0.2, -0.15) is 0 Å². The summed E-state index contributed by atoms with van der Waals surface area (Å²) >= 11 is 0. The summed E-state index contributed by atoms with van der Waals surface area (Å²) in [6.45, 7) is 7.92. The minimum Gasteiger partial charge on any atom is -0.396 e. The van der Waals surface area contributed by atoms with Crippen LogP contribution in [0.15, 0.2) is 11.1 Å². The van der Waals surface area contributed by atoms with Crippen LogP contribution in [0.3, 0.4) is 0 Å². The van der Waals surface area contributed by atoms with E-state index in [0.717, 1.165) is 18.4 Å². The van der Waals surface area contributed by atoms with Gasteiger partial charge in [0.05, 0.1) is 5.60 Å². The summed E-state index contributed by atoms with van der Waals surface area (Å²) in [4.78, 5) is 12.4. The Labute approximate surface area is 109 Å². The number of rotatable bonds is 2. The van der Waals surface area contributed by atoms with Crippen LogP contribution in [0.4, 0.5) is 0 Å². The maximum Gasteiger partial charge on any atom is 0.162 e. The highest BCUT2D eigenvalue weighted by Crippen LogP contribution is 2.55. The van der Waals surface area contributed by atoms with Crippen molar-refractivity contribution in [2.75, 3.05) is 6.61 Å². The van der Waals surface area contributed by atoms with Crippen LogP contribution in [0.1, 0.15) is 47.0 Å². The van der Waals surface area contributed by atoms with Crippen LogP contribution in [0, 0.1) is 17.3 Å². The van der Waals surface area contributed by atoms with Crippen LogP contribution in [-0.4, -0.2) is 28.2 Å². The maximum absolute atomic E-state index is 12.4. The third-order valence-corrected chi connectivity index (χ3v) is 4.88. The quantitative estimate of drug-likeness (QED) is 0.791. The van der Waals surface area contributed by atoms with Gasteiger partial charge in [-0.05, 0) is 49.7 Å². The highest BCUT2D eigenvalue weighted by molar-refractivity contribution is 5.99. The molecule has 1 fully saturated rings. The standard InChI is InChI=1S/C15H24O3/c1-9-11(5-6-16)15(4,18)12-8-14(2,3)7-10(12)13(9)17/h10,12,16,18H,5-8H2,1-4H3/t10-,12+,15+/m1/s1. The Balaban J connectivity index is 2.45. The molecule has 2 rings (SSSR count). The second-order valence-electron chi connectivity index (χ2n) is 6.87. The molecule has 2 N–H and O–H groups in total. The van der Waals surface area contributed by atoms with Gasteiger partial charge in [0, 0.05) is 18.4 Å². The molecule has 2 aliphatic rings. The van der Waals surface area contributed by atoms with Crippen LogP contribution in [0.5, 0.6) is 0 Å². The molecule has 0 amide bonds. The molecule has 3 heteroatoms. The molecule has 102 valence electrons. The first-order valence-corrected chi connectivity index (χ1v) is 6.78. The Kier molecular flexibility index (Phi) is 3.19. The Morgan fingerprint density at radius 1 is 1.28 bits per heavy atom. The largest absolute Gasteiger partial charge is 0.396 e. The van der Waals surface area contributed by atoms with E-state index in [0.29, 0.717) is 12.0 Å². The molecule has 18 heavy (non-hydrogen) atoms. The first-order valence-electron chi connectivity index (χ1n) is 6.78. The number of hydrogen-bond acceptors (Lipinski definition) is 3. The minimum absolute atomic E-state index is 0.00486. The molecule has 0 heterocycles. The predicted octanol–water partition coefficient (Wildman–Crippen LogP) is 2.07. The fourth-order valence-electron chi connectivity index (χ4n) is 4.01. The van der Waals surface area contributed by atoms with Gasteiger partial charge in [-0.25, -0.2) is 0 Å². The highest BCUT2D eigenvalue weighted by atomic mass is 16.3. The van der Waals surface area contributed by atoms with Crippen LogP contribution in [0.2, 0.25) is 0 Å². The molecule has 0 aromatic rings. The summed E-state index contributed by atoms with van der Waals surface area (Å²) in [5.74, 6) is 0.142. The number of ketones is 1. The summed E-state index contributed by atoms with van der Waals surface area (Å²) in [7, 11) is 0. The number of fused-ring (bicyclic) bond motifs is 1. The first kappa shape index (κ1) is 13.8. The SMILES string of the molecule is CC1=C(CCO)[C@](C)(O)[C@H]2CC(C)(C)C[C@H]2C1=O. The summed E-state index contributed by atoms with van der Waals surface area (Å²) in [5.41, 5.74) is 0.588. The van der Waals surface area contributed by atoms with Crippen LogP contribution < -0.4 is 0 Å². The lowest BCUT2D eigenvalue weighted by Gasteiger charge is -2.41. The van der Waals surface area contributed by atoms with Gasteiger partial charge >= 0.3 is 0 Å². The monoisotopic (exact) mass is 252 g/mol. The second kappa shape index (κ2) is 4.17. The van der Waals surface area contributed by atoms with E-state index in [9.17, 15) is 9.90 Å². The van der Waals surface area contributed by atoms with Crippen molar-refractivity contribution >= 4 is 5.78 Å². The Morgan fingerprint density at radius 3 is 2.44 bits per heavy atom. The molecule has 0 saturated heterocycles. The maximum atomic E-state index is 12.4. The topological polar surface area (TPSA) is 57.5 Å². The molecule has 1 saturated carbocycles. The number of hydrogen-bond donors (Lipinski definition) is 2. The number of allylic oxidation sites excluding steroid dienone is 1. The summed E-state index contributed by atoms with van der Waals surface area (Å²) in [5, 5.41) is 20.0. The van der Waals surface area contributed by atoms with E-state index >= 15 is 0 Å². The van der Waals surface area contributed by atoms with Gasteiger partial charge in [-0.15, -0.1) is 0 Å². The van der Waals surface area contributed by atoms with Gasteiger partial charge < -0.3 is 10.2 Å². The van der Waals surface area contributed by atoms with Gasteiger partial charge in [-0.3, -0.25) is 4.79 Å². The fourth-order valence-corrected chi connectivity index (χ4v) is 4.01. The molecule has 0 radical (unpaired) electrons. The number of aliphatic hydroxyl groups excluding tert-OH is 1. The molecule has 2 aliphatic carbocycles. The number of aliphatic hydroxyl groups is 2. The van der Waals surface area contributed by atoms with Crippen molar-refractivity contribution in [3.05, 3.63) is 11.1 Å². The van der Waals surface area contributed by atoms with Crippen molar-refractivity contribution in [3.8, 4) is 0 Å². The molecule has 3 nitrogen and oxygen atoms in total. The summed E-state index contributed by atoms with van der Waals surface area (Å²) in [6, 6.07) is 0. The Bertz CT molecular complexity index is 404. The van der Waals surface area contributed by atoms with Gasteiger partial charge in [-0.1, -0.05) is 13.8 Å². The third-order valence-electron chi connectivity index (χ3n) is 4.88.